The summed E-state index contributed by atoms with van der Waals surface area (Å²) in [6, 6.07) is 0. The summed E-state index contributed by atoms with van der Waals surface area (Å²) in [5.74, 6) is 0.0335. The number of nitrogens with zero attached hydrogens (tertiary/aromatic N) is 1. The van der Waals surface area contributed by atoms with Crippen molar-refractivity contribution < 1.29 is 9.32 Å². The summed E-state index contributed by atoms with van der Waals surface area (Å²) in [6.45, 7) is 2.30. The Bertz CT molecular complexity index is 218. The van der Waals surface area contributed by atoms with Gasteiger partial charge >= 0.3 is 0 Å². The van der Waals surface area contributed by atoms with Crippen LogP contribution in [0.2, 0.25) is 0 Å². The SMILES string of the molecule is CCC(=O)NCc1cnoc1. The average molecular weight is 154 g/mol. The molecule has 11 heavy (non-hydrogen) atoms. The predicted molar refractivity (Wildman–Crippen MR) is 38.6 cm³/mol. The maximum Gasteiger partial charge on any atom is 0.219 e. The highest BCUT2D eigenvalue weighted by Gasteiger charge is 1.97. The molecule has 0 spiro atoms. The van der Waals surface area contributed by atoms with Crippen molar-refractivity contribution >= 4 is 5.91 Å². The van der Waals surface area contributed by atoms with E-state index in [1.165, 1.54) is 6.26 Å². The Morgan fingerprint density at radius 1 is 1.82 bits per heavy atom. The topological polar surface area (TPSA) is 55.1 Å². The predicted octanol–water partition coefficient (Wildman–Crippen LogP) is 0.701. The Kier molecular flexibility index (Phi) is 2.66. The molecule has 1 aromatic rings. The first kappa shape index (κ1) is 7.78. The Balaban J connectivity index is 2.29. The molecular weight excluding hydrogens is 144 g/mol. The first-order chi connectivity index (χ1) is 5.33. The van der Waals surface area contributed by atoms with Gasteiger partial charge in [-0.25, -0.2) is 0 Å². The summed E-state index contributed by atoms with van der Waals surface area (Å²) >= 11 is 0. The highest BCUT2D eigenvalue weighted by atomic mass is 16.5. The summed E-state index contributed by atoms with van der Waals surface area (Å²) in [6.07, 6.45) is 3.59. The van der Waals surface area contributed by atoms with Crippen molar-refractivity contribution in [1.82, 2.24) is 10.5 Å². The number of carbonyl (C=O) groups excluding carboxylic acids is 1. The third-order valence-electron chi connectivity index (χ3n) is 1.29. The van der Waals surface area contributed by atoms with E-state index in [9.17, 15) is 4.79 Å². The lowest BCUT2D eigenvalue weighted by molar-refractivity contribution is -0.120. The van der Waals surface area contributed by atoms with Crippen LogP contribution in [-0.2, 0) is 11.3 Å². The van der Waals surface area contributed by atoms with Crippen LogP contribution >= 0.6 is 0 Å². The molecule has 0 radical (unpaired) electrons. The Labute approximate surface area is 64.6 Å². The molecule has 0 aliphatic heterocycles. The second kappa shape index (κ2) is 3.75. The van der Waals surface area contributed by atoms with Gasteiger partial charge in [0.25, 0.3) is 0 Å². The second-order valence-electron chi connectivity index (χ2n) is 2.16. The molecule has 60 valence electrons. The van der Waals surface area contributed by atoms with Crippen molar-refractivity contribution in [2.75, 3.05) is 0 Å². The summed E-state index contributed by atoms with van der Waals surface area (Å²) in [5, 5.41) is 6.20. The van der Waals surface area contributed by atoms with Gasteiger partial charge in [0.05, 0.1) is 6.20 Å². The molecule has 1 heterocycles. The van der Waals surface area contributed by atoms with E-state index in [-0.39, 0.29) is 5.91 Å². The van der Waals surface area contributed by atoms with Crippen LogP contribution in [-0.4, -0.2) is 11.1 Å². The Morgan fingerprint density at radius 2 is 2.64 bits per heavy atom. The summed E-state index contributed by atoms with van der Waals surface area (Å²) in [5.41, 5.74) is 0.881. The van der Waals surface area contributed by atoms with Crippen LogP contribution in [0.25, 0.3) is 0 Å². The minimum Gasteiger partial charge on any atom is -0.364 e. The van der Waals surface area contributed by atoms with Crippen molar-refractivity contribution in [1.29, 1.82) is 0 Å². The summed E-state index contributed by atoms with van der Waals surface area (Å²) < 4.78 is 4.58. The Morgan fingerprint density at radius 3 is 3.18 bits per heavy atom. The van der Waals surface area contributed by atoms with Crippen LogP contribution in [0.5, 0.6) is 0 Å². The number of amides is 1. The van der Waals surface area contributed by atoms with Gasteiger partial charge in [0.2, 0.25) is 5.91 Å². The van der Waals surface area contributed by atoms with E-state index < -0.39 is 0 Å². The molecule has 0 bridgehead atoms. The molecular formula is C7H10N2O2. The van der Waals surface area contributed by atoms with Gasteiger partial charge in [-0.15, -0.1) is 0 Å². The number of nitrogens with one attached hydrogen (secondary N) is 1. The standard InChI is InChI=1S/C7H10N2O2/c1-2-7(10)8-3-6-4-9-11-5-6/h4-5H,2-3H2,1H3,(H,8,10). The monoisotopic (exact) mass is 154 g/mol. The lowest BCUT2D eigenvalue weighted by Gasteiger charge is -1.97. The number of hydrogen-bond acceptors (Lipinski definition) is 3. The van der Waals surface area contributed by atoms with E-state index in [0.29, 0.717) is 13.0 Å². The Hall–Kier alpha value is -1.32. The van der Waals surface area contributed by atoms with Gasteiger partial charge in [-0.2, -0.15) is 0 Å². The van der Waals surface area contributed by atoms with Crippen molar-refractivity contribution in [3.05, 3.63) is 18.0 Å². The molecule has 1 amide bonds. The zero-order valence-electron chi connectivity index (χ0n) is 6.33. The van der Waals surface area contributed by atoms with E-state index in [2.05, 4.69) is 15.0 Å². The molecule has 0 saturated carbocycles. The van der Waals surface area contributed by atoms with Crippen LogP contribution < -0.4 is 5.32 Å². The molecule has 1 aromatic heterocycles. The normalized spacial score (nSPS) is 9.55. The van der Waals surface area contributed by atoms with Crippen LogP contribution in [0, 0.1) is 0 Å². The van der Waals surface area contributed by atoms with Gasteiger partial charge in [-0.3, -0.25) is 4.79 Å². The molecule has 1 rings (SSSR count). The molecule has 0 fully saturated rings. The third-order valence-corrected chi connectivity index (χ3v) is 1.29. The van der Waals surface area contributed by atoms with E-state index >= 15 is 0 Å². The van der Waals surface area contributed by atoms with Gasteiger partial charge in [0.15, 0.2) is 0 Å². The lowest BCUT2D eigenvalue weighted by Crippen LogP contribution is -2.20. The van der Waals surface area contributed by atoms with Crippen LogP contribution in [0.3, 0.4) is 0 Å². The number of hydrogen-bond donors (Lipinski definition) is 1. The first-order valence-corrected chi connectivity index (χ1v) is 3.48. The van der Waals surface area contributed by atoms with Crippen LogP contribution in [0.4, 0.5) is 0 Å². The smallest absolute Gasteiger partial charge is 0.219 e. The van der Waals surface area contributed by atoms with Crippen molar-refractivity contribution in [3.8, 4) is 0 Å². The van der Waals surface area contributed by atoms with E-state index in [1.54, 1.807) is 6.20 Å². The zero-order valence-corrected chi connectivity index (χ0v) is 6.33. The minimum atomic E-state index is 0.0335. The fraction of sp³-hybridized carbons (Fsp3) is 0.429. The van der Waals surface area contributed by atoms with Crippen molar-refractivity contribution in [2.24, 2.45) is 0 Å². The molecule has 0 unspecified atom stereocenters. The van der Waals surface area contributed by atoms with Crippen molar-refractivity contribution in [2.45, 2.75) is 19.9 Å². The molecule has 1 N–H and O–H groups in total. The lowest BCUT2D eigenvalue weighted by atomic mass is 10.3. The molecule has 4 heteroatoms. The zero-order chi connectivity index (χ0) is 8.10. The average Bonchev–Trinajstić information content (AvgIpc) is 2.52. The van der Waals surface area contributed by atoms with E-state index in [4.69, 9.17) is 0 Å². The number of aromatic nitrogens is 1. The number of rotatable bonds is 3. The second-order valence-corrected chi connectivity index (χ2v) is 2.16. The third kappa shape index (κ3) is 2.41. The fourth-order valence-corrected chi connectivity index (χ4v) is 0.640. The summed E-state index contributed by atoms with van der Waals surface area (Å²) in [7, 11) is 0. The maximum absolute atomic E-state index is 10.7. The minimum absolute atomic E-state index is 0.0335. The fourth-order valence-electron chi connectivity index (χ4n) is 0.640. The number of carbonyl (C=O) groups is 1. The molecule has 0 aliphatic carbocycles. The van der Waals surface area contributed by atoms with Gasteiger partial charge in [0.1, 0.15) is 6.26 Å². The van der Waals surface area contributed by atoms with E-state index in [0.717, 1.165) is 5.56 Å². The highest BCUT2D eigenvalue weighted by molar-refractivity contribution is 5.75. The van der Waals surface area contributed by atoms with Gasteiger partial charge in [-0.1, -0.05) is 12.1 Å². The highest BCUT2D eigenvalue weighted by Crippen LogP contribution is 1.94. The molecule has 4 nitrogen and oxygen atoms in total. The van der Waals surface area contributed by atoms with Crippen LogP contribution in [0.15, 0.2) is 17.0 Å². The quantitative estimate of drug-likeness (QED) is 0.697. The molecule has 0 atom stereocenters. The van der Waals surface area contributed by atoms with Gasteiger partial charge < -0.3 is 9.84 Å². The first-order valence-electron chi connectivity index (χ1n) is 3.48. The van der Waals surface area contributed by atoms with Crippen molar-refractivity contribution in [3.63, 3.8) is 0 Å². The van der Waals surface area contributed by atoms with Gasteiger partial charge in [0, 0.05) is 18.5 Å². The molecule has 0 aromatic carbocycles. The van der Waals surface area contributed by atoms with Gasteiger partial charge in [-0.05, 0) is 0 Å². The molecule has 0 aliphatic rings. The van der Waals surface area contributed by atoms with E-state index in [1.807, 2.05) is 6.92 Å². The summed E-state index contributed by atoms with van der Waals surface area (Å²) in [4.78, 5) is 10.7. The van der Waals surface area contributed by atoms with Crippen LogP contribution in [0.1, 0.15) is 18.9 Å². The largest absolute Gasteiger partial charge is 0.364 e. The molecule has 0 saturated heterocycles. The maximum atomic E-state index is 10.7.